The molecule has 1 amide bonds. The Balaban J connectivity index is 1.93. The Morgan fingerprint density at radius 2 is 1.89 bits per heavy atom. The smallest absolute Gasteiger partial charge is 0.414 e. The van der Waals surface area contributed by atoms with E-state index in [1.54, 1.807) is 37.3 Å². The zero-order valence-electron chi connectivity index (χ0n) is 14.5. The van der Waals surface area contributed by atoms with Crippen LogP contribution in [0.5, 0.6) is 0 Å². The second-order valence-corrected chi connectivity index (χ2v) is 6.81. The van der Waals surface area contributed by atoms with Gasteiger partial charge in [0.2, 0.25) is 5.95 Å². The number of anilines is 1. The van der Waals surface area contributed by atoms with Crippen LogP contribution in [0.3, 0.4) is 0 Å². The van der Waals surface area contributed by atoms with Crippen molar-refractivity contribution in [1.29, 1.82) is 0 Å². The summed E-state index contributed by atoms with van der Waals surface area (Å²) >= 11 is 12.5. The molecule has 28 heavy (non-hydrogen) atoms. The van der Waals surface area contributed by atoms with Gasteiger partial charge in [-0.15, -0.1) is 0 Å². The Bertz CT molecular complexity index is 1300. The fourth-order valence-electron chi connectivity index (χ4n) is 3.08. The average molecular weight is 418 g/mol. The molecule has 3 N–H and O–H groups in total. The van der Waals surface area contributed by atoms with Crippen molar-refractivity contribution in [3.8, 4) is 11.3 Å². The maximum Gasteiger partial charge on any atom is 0.414 e. The van der Waals surface area contributed by atoms with Crippen LogP contribution in [0.25, 0.3) is 33.1 Å². The molecule has 0 radical (unpaired) electrons. The number of benzene rings is 2. The number of amides is 1. The van der Waals surface area contributed by atoms with Crippen LogP contribution in [-0.2, 0) is 0 Å². The zero-order valence-corrected chi connectivity index (χ0v) is 16.0. The molecule has 0 spiro atoms. The molecule has 0 atom stereocenters. The highest BCUT2D eigenvalue weighted by atomic mass is 35.5. The van der Waals surface area contributed by atoms with E-state index in [1.165, 1.54) is 0 Å². The van der Waals surface area contributed by atoms with Gasteiger partial charge in [-0.05, 0) is 31.2 Å². The summed E-state index contributed by atoms with van der Waals surface area (Å²) < 4.78 is 0. The standard InChI is InChI=1S/C18H13Cl2N5O3/c1-2-25(18(27)28)17-21-11-6-3-8(7-12(11)22-17)15-13-9(19)4-5-10(20)14(13)16(26)24-23-15/h3-7H,2H2,1H3,(H,21,22)(H,24,26)(H,27,28). The van der Waals surface area contributed by atoms with Crippen molar-refractivity contribution in [2.45, 2.75) is 6.92 Å². The van der Waals surface area contributed by atoms with Gasteiger partial charge in [-0.3, -0.25) is 4.79 Å². The summed E-state index contributed by atoms with van der Waals surface area (Å²) in [5.41, 5.74) is 1.87. The van der Waals surface area contributed by atoms with Crippen molar-refractivity contribution in [2.75, 3.05) is 11.4 Å². The van der Waals surface area contributed by atoms with Gasteiger partial charge >= 0.3 is 6.09 Å². The van der Waals surface area contributed by atoms with E-state index < -0.39 is 11.7 Å². The Labute approximate surface area is 167 Å². The Hall–Kier alpha value is -3.10. The lowest BCUT2D eigenvalue weighted by Gasteiger charge is -2.12. The maximum atomic E-state index is 12.2. The van der Waals surface area contributed by atoms with Crippen LogP contribution in [0.2, 0.25) is 10.0 Å². The number of hydrogen-bond acceptors (Lipinski definition) is 4. The molecule has 142 valence electrons. The summed E-state index contributed by atoms with van der Waals surface area (Å²) in [5, 5.41) is 17.2. The summed E-state index contributed by atoms with van der Waals surface area (Å²) in [6, 6.07) is 8.43. The van der Waals surface area contributed by atoms with Gasteiger partial charge in [0.25, 0.3) is 5.56 Å². The molecule has 0 bridgehead atoms. The van der Waals surface area contributed by atoms with E-state index >= 15 is 0 Å². The van der Waals surface area contributed by atoms with Crippen molar-refractivity contribution in [1.82, 2.24) is 20.2 Å². The third-order valence-electron chi connectivity index (χ3n) is 4.38. The zero-order chi connectivity index (χ0) is 20.0. The van der Waals surface area contributed by atoms with Gasteiger partial charge in [-0.1, -0.05) is 29.3 Å². The maximum absolute atomic E-state index is 12.2. The number of fused-ring (bicyclic) bond motifs is 2. The summed E-state index contributed by atoms with van der Waals surface area (Å²) in [4.78, 5) is 32.0. The Morgan fingerprint density at radius 3 is 2.57 bits per heavy atom. The SMILES string of the molecule is CCN(C(=O)O)c1nc2cc(-c3n[nH]c(=O)c4c(Cl)ccc(Cl)c34)ccc2[nH]1. The van der Waals surface area contributed by atoms with Crippen LogP contribution in [0.4, 0.5) is 10.7 Å². The van der Waals surface area contributed by atoms with Crippen molar-refractivity contribution >= 4 is 57.0 Å². The summed E-state index contributed by atoms with van der Waals surface area (Å²) in [7, 11) is 0. The van der Waals surface area contributed by atoms with Gasteiger partial charge in [0.15, 0.2) is 0 Å². The van der Waals surface area contributed by atoms with E-state index in [9.17, 15) is 14.7 Å². The molecule has 0 saturated heterocycles. The number of nitrogens with zero attached hydrogens (tertiary/aromatic N) is 3. The largest absolute Gasteiger partial charge is 0.465 e. The second-order valence-electron chi connectivity index (χ2n) is 6.00. The highest BCUT2D eigenvalue weighted by Gasteiger charge is 2.18. The third kappa shape index (κ3) is 2.87. The molecular formula is C18H13Cl2N5O3. The molecule has 0 unspecified atom stereocenters. The quantitative estimate of drug-likeness (QED) is 0.460. The van der Waals surface area contributed by atoms with Crippen LogP contribution >= 0.6 is 23.2 Å². The van der Waals surface area contributed by atoms with E-state index in [0.717, 1.165) is 4.90 Å². The number of hydrogen-bond donors (Lipinski definition) is 3. The van der Waals surface area contributed by atoms with Crippen molar-refractivity contribution < 1.29 is 9.90 Å². The first-order valence-corrected chi connectivity index (χ1v) is 9.03. The number of rotatable bonds is 3. The fraction of sp³-hybridized carbons (Fsp3) is 0.111. The first kappa shape index (κ1) is 18.3. The van der Waals surface area contributed by atoms with Gasteiger partial charge < -0.3 is 10.1 Å². The third-order valence-corrected chi connectivity index (χ3v) is 5.01. The van der Waals surface area contributed by atoms with Crippen LogP contribution < -0.4 is 10.5 Å². The van der Waals surface area contributed by atoms with Crippen molar-refractivity contribution in [2.24, 2.45) is 0 Å². The molecule has 4 rings (SSSR count). The van der Waals surface area contributed by atoms with E-state index in [1.807, 2.05) is 0 Å². The van der Waals surface area contributed by atoms with Crippen LogP contribution in [0, 0.1) is 0 Å². The van der Waals surface area contributed by atoms with Gasteiger partial charge in [0, 0.05) is 17.5 Å². The minimum atomic E-state index is -1.10. The molecule has 0 aliphatic rings. The average Bonchev–Trinajstić information content (AvgIpc) is 3.07. The van der Waals surface area contributed by atoms with Gasteiger partial charge in [-0.2, -0.15) is 5.10 Å². The van der Waals surface area contributed by atoms with E-state index in [-0.39, 0.29) is 22.9 Å². The molecule has 2 aromatic heterocycles. The normalized spacial score (nSPS) is 11.2. The van der Waals surface area contributed by atoms with Crippen LogP contribution in [0.1, 0.15) is 6.92 Å². The molecule has 2 heterocycles. The molecule has 0 fully saturated rings. The number of carboxylic acid groups (broad SMARTS) is 1. The first-order valence-electron chi connectivity index (χ1n) is 8.27. The minimum Gasteiger partial charge on any atom is -0.465 e. The van der Waals surface area contributed by atoms with Gasteiger partial charge in [0.1, 0.15) is 5.69 Å². The molecule has 0 saturated carbocycles. The van der Waals surface area contributed by atoms with Crippen LogP contribution in [0.15, 0.2) is 35.1 Å². The molecule has 0 aliphatic heterocycles. The Morgan fingerprint density at radius 1 is 1.18 bits per heavy atom. The summed E-state index contributed by atoms with van der Waals surface area (Å²) in [5.74, 6) is 0.225. The second kappa shape index (κ2) is 6.81. The molecular weight excluding hydrogens is 405 g/mol. The first-order chi connectivity index (χ1) is 13.4. The highest BCUT2D eigenvalue weighted by Crippen LogP contribution is 2.34. The lowest BCUT2D eigenvalue weighted by Crippen LogP contribution is -2.29. The number of nitrogens with one attached hydrogen (secondary N) is 2. The van der Waals surface area contributed by atoms with Crippen molar-refractivity contribution in [3.63, 3.8) is 0 Å². The number of imidazole rings is 1. The number of halogens is 2. The van der Waals surface area contributed by atoms with E-state index in [0.29, 0.717) is 32.7 Å². The number of carbonyl (C=O) groups is 1. The number of aromatic nitrogens is 4. The molecule has 2 aromatic carbocycles. The number of aromatic amines is 2. The fourth-order valence-corrected chi connectivity index (χ4v) is 3.57. The molecule has 8 nitrogen and oxygen atoms in total. The highest BCUT2D eigenvalue weighted by molar-refractivity contribution is 6.41. The van der Waals surface area contributed by atoms with E-state index in [2.05, 4.69) is 20.2 Å². The van der Waals surface area contributed by atoms with Gasteiger partial charge in [0.05, 0.1) is 26.5 Å². The topological polar surface area (TPSA) is 115 Å². The molecule has 0 aliphatic carbocycles. The van der Waals surface area contributed by atoms with Crippen molar-refractivity contribution in [3.05, 3.63) is 50.7 Å². The minimum absolute atomic E-state index is 0.225. The van der Waals surface area contributed by atoms with Crippen LogP contribution in [-0.4, -0.2) is 37.9 Å². The lowest BCUT2D eigenvalue weighted by atomic mass is 10.0. The monoisotopic (exact) mass is 417 g/mol. The van der Waals surface area contributed by atoms with E-state index in [4.69, 9.17) is 23.2 Å². The summed E-state index contributed by atoms with van der Waals surface area (Å²) in [6.45, 7) is 1.97. The molecule has 4 aromatic rings. The lowest BCUT2D eigenvalue weighted by molar-refractivity contribution is 0.202. The number of H-pyrrole nitrogens is 2. The predicted molar refractivity (Wildman–Crippen MR) is 109 cm³/mol. The summed E-state index contributed by atoms with van der Waals surface area (Å²) in [6.07, 6.45) is -1.10. The van der Waals surface area contributed by atoms with Gasteiger partial charge in [-0.25, -0.2) is 19.8 Å². The Kier molecular flexibility index (Phi) is 4.44. The predicted octanol–water partition coefficient (Wildman–Crippen LogP) is 4.28. The molecule has 10 heteroatoms.